The summed E-state index contributed by atoms with van der Waals surface area (Å²) >= 11 is 0. The summed E-state index contributed by atoms with van der Waals surface area (Å²) in [6.07, 6.45) is 2.44. The number of carbonyl (C=O) groups excluding carboxylic acids is 1. The highest BCUT2D eigenvalue weighted by molar-refractivity contribution is 5.81. The Hall–Kier alpha value is -1.69. The van der Waals surface area contributed by atoms with Gasteiger partial charge < -0.3 is 18.9 Å². The summed E-state index contributed by atoms with van der Waals surface area (Å²) in [5, 5.41) is 0. The third kappa shape index (κ3) is 5.78. The Labute approximate surface area is 137 Å². The Kier molecular flexibility index (Phi) is 6.33. The van der Waals surface area contributed by atoms with Crippen molar-refractivity contribution in [1.82, 2.24) is 0 Å². The van der Waals surface area contributed by atoms with Crippen molar-refractivity contribution < 1.29 is 23.7 Å². The molecule has 1 fully saturated rings. The van der Waals surface area contributed by atoms with E-state index in [1.54, 1.807) is 13.0 Å². The van der Waals surface area contributed by atoms with Gasteiger partial charge in [0.1, 0.15) is 12.2 Å². The van der Waals surface area contributed by atoms with Gasteiger partial charge in [-0.2, -0.15) is 0 Å². The third-order valence-corrected chi connectivity index (χ3v) is 3.32. The smallest absolute Gasteiger partial charge is 0.330 e. The van der Waals surface area contributed by atoms with Gasteiger partial charge in [-0.3, -0.25) is 0 Å². The van der Waals surface area contributed by atoms with E-state index in [9.17, 15) is 4.79 Å². The van der Waals surface area contributed by atoms with Crippen LogP contribution in [0.2, 0.25) is 0 Å². The molecule has 0 unspecified atom stereocenters. The second-order valence-electron chi connectivity index (χ2n) is 5.75. The van der Waals surface area contributed by atoms with E-state index in [-0.39, 0.29) is 18.2 Å². The van der Waals surface area contributed by atoms with Crippen LogP contribution in [-0.4, -0.2) is 37.2 Å². The lowest BCUT2D eigenvalue weighted by Gasteiger charge is -2.16. The molecule has 0 radical (unpaired) electrons. The predicted molar refractivity (Wildman–Crippen MR) is 85.7 cm³/mol. The normalized spacial score (nSPS) is 23.3. The molecule has 0 bridgehead atoms. The van der Waals surface area contributed by atoms with Gasteiger partial charge in [0.25, 0.3) is 0 Å². The van der Waals surface area contributed by atoms with Gasteiger partial charge in [-0.05, 0) is 32.4 Å². The molecule has 0 spiro atoms. The minimum atomic E-state index is -0.704. The Morgan fingerprint density at radius 3 is 2.70 bits per heavy atom. The van der Waals surface area contributed by atoms with E-state index < -0.39 is 5.79 Å². The molecule has 0 saturated carbocycles. The topological polar surface area (TPSA) is 54.0 Å². The number of hydrogen-bond donors (Lipinski definition) is 0. The van der Waals surface area contributed by atoms with Crippen molar-refractivity contribution in [2.24, 2.45) is 0 Å². The Balaban J connectivity index is 1.88. The zero-order valence-electron chi connectivity index (χ0n) is 13.9. The largest absolute Gasteiger partial charge is 0.463 e. The molecular weight excluding hydrogens is 296 g/mol. The molecule has 126 valence electrons. The molecule has 2 atom stereocenters. The molecule has 1 saturated heterocycles. The Morgan fingerprint density at radius 1 is 1.26 bits per heavy atom. The number of rotatable bonds is 7. The average molecular weight is 320 g/mol. The van der Waals surface area contributed by atoms with Crippen molar-refractivity contribution in [2.75, 3.05) is 13.2 Å². The predicted octanol–water partition coefficient (Wildman–Crippen LogP) is 2.84. The number of ether oxygens (including phenoxy) is 4. The van der Waals surface area contributed by atoms with Crippen LogP contribution in [0.3, 0.4) is 0 Å². The minimum Gasteiger partial charge on any atom is -0.463 e. The molecule has 0 aromatic heterocycles. The van der Waals surface area contributed by atoms with E-state index in [4.69, 9.17) is 18.9 Å². The van der Waals surface area contributed by atoms with Gasteiger partial charge in [-0.25, -0.2) is 4.79 Å². The molecule has 1 aliphatic rings. The standard InChI is InChI=1S/C18H24O5/c1-4-21-17(19)11-10-15-16(23-18(2,3)22-15)13-20-12-14-8-6-5-7-9-14/h5-11,15-16H,4,12-13H2,1-3H3/b11-10+/t15-,16-/m0/s1. The first-order chi connectivity index (χ1) is 11.0. The minimum absolute atomic E-state index is 0.264. The zero-order chi connectivity index (χ0) is 16.7. The number of hydrogen-bond acceptors (Lipinski definition) is 5. The number of carbonyl (C=O) groups is 1. The maximum atomic E-state index is 11.4. The highest BCUT2D eigenvalue weighted by atomic mass is 16.8. The second kappa shape index (κ2) is 8.24. The van der Waals surface area contributed by atoms with Crippen LogP contribution in [0.5, 0.6) is 0 Å². The van der Waals surface area contributed by atoms with Crippen molar-refractivity contribution >= 4 is 5.97 Å². The van der Waals surface area contributed by atoms with Crippen LogP contribution >= 0.6 is 0 Å². The quantitative estimate of drug-likeness (QED) is 0.571. The molecule has 5 heteroatoms. The highest BCUT2D eigenvalue weighted by Gasteiger charge is 2.40. The summed E-state index contributed by atoms with van der Waals surface area (Å²) in [5.74, 6) is -1.09. The molecule has 0 amide bonds. The van der Waals surface area contributed by atoms with Crippen LogP contribution in [0, 0.1) is 0 Å². The van der Waals surface area contributed by atoms with Crippen LogP contribution < -0.4 is 0 Å². The number of esters is 1. The highest BCUT2D eigenvalue weighted by Crippen LogP contribution is 2.29. The first-order valence-electron chi connectivity index (χ1n) is 7.82. The maximum Gasteiger partial charge on any atom is 0.330 e. The van der Waals surface area contributed by atoms with Crippen molar-refractivity contribution in [3.63, 3.8) is 0 Å². The summed E-state index contributed by atoms with van der Waals surface area (Å²) in [5.41, 5.74) is 1.10. The molecule has 1 aliphatic heterocycles. The fraction of sp³-hybridized carbons (Fsp3) is 0.500. The zero-order valence-corrected chi connectivity index (χ0v) is 13.9. The maximum absolute atomic E-state index is 11.4. The summed E-state index contributed by atoms with van der Waals surface area (Å²) in [6.45, 7) is 6.70. The molecular formula is C18H24O5. The monoisotopic (exact) mass is 320 g/mol. The fourth-order valence-electron chi connectivity index (χ4n) is 2.39. The van der Waals surface area contributed by atoms with Crippen molar-refractivity contribution in [3.05, 3.63) is 48.0 Å². The molecule has 1 aromatic carbocycles. The van der Waals surface area contributed by atoms with Gasteiger partial charge in [0, 0.05) is 6.08 Å². The van der Waals surface area contributed by atoms with Crippen LogP contribution in [-0.2, 0) is 30.3 Å². The first kappa shape index (κ1) is 17.7. The third-order valence-electron chi connectivity index (χ3n) is 3.32. The van der Waals surface area contributed by atoms with Crippen LogP contribution in [0.15, 0.2) is 42.5 Å². The average Bonchev–Trinajstić information content (AvgIpc) is 2.81. The van der Waals surface area contributed by atoms with Gasteiger partial charge in [-0.1, -0.05) is 30.3 Å². The van der Waals surface area contributed by atoms with Gasteiger partial charge in [-0.15, -0.1) is 0 Å². The lowest BCUT2D eigenvalue weighted by atomic mass is 10.2. The molecule has 1 aromatic rings. The SMILES string of the molecule is CCOC(=O)/C=C/[C@@H]1OC(C)(C)O[C@H]1COCc1ccccc1. The van der Waals surface area contributed by atoms with Gasteiger partial charge >= 0.3 is 5.97 Å². The van der Waals surface area contributed by atoms with Gasteiger partial charge in [0.15, 0.2) is 5.79 Å². The number of benzene rings is 1. The fourth-order valence-corrected chi connectivity index (χ4v) is 2.39. The van der Waals surface area contributed by atoms with E-state index in [0.717, 1.165) is 5.56 Å². The summed E-state index contributed by atoms with van der Waals surface area (Å²) in [7, 11) is 0. The summed E-state index contributed by atoms with van der Waals surface area (Å²) in [6, 6.07) is 9.93. The van der Waals surface area contributed by atoms with Crippen molar-refractivity contribution in [2.45, 2.75) is 45.4 Å². The van der Waals surface area contributed by atoms with E-state index in [0.29, 0.717) is 19.8 Å². The van der Waals surface area contributed by atoms with E-state index >= 15 is 0 Å². The molecule has 23 heavy (non-hydrogen) atoms. The van der Waals surface area contributed by atoms with Crippen LogP contribution in [0.25, 0.3) is 0 Å². The van der Waals surface area contributed by atoms with Gasteiger partial charge in [0.05, 0.1) is 19.8 Å². The lowest BCUT2D eigenvalue weighted by molar-refractivity contribution is -0.149. The van der Waals surface area contributed by atoms with E-state index in [1.807, 2.05) is 44.2 Å². The lowest BCUT2D eigenvalue weighted by Crippen LogP contribution is -2.26. The van der Waals surface area contributed by atoms with Gasteiger partial charge in [0.2, 0.25) is 0 Å². The molecule has 1 heterocycles. The van der Waals surface area contributed by atoms with Crippen LogP contribution in [0.1, 0.15) is 26.3 Å². The van der Waals surface area contributed by atoms with E-state index in [2.05, 4.69) is 0 Å². The first-order valence-corrected chi connectivity index (χ1v) is 7.82. The Morgan fingerprint density at radius 2 is 2.00 bits per heavy atom. The van der Waals surface area contributed by atoms with E-state index in [1.165, 1.54) is 6.08 Å². The summed E-state index contributed by atoms with van der Waals surface area (Å²) in [4.78, 5) is 11.4. The second-order valence-corrected chi connectivity index (χ2v) is 5.75. The molecule has 2 rings (SSSR count). The summed E-state index contributed by atoms with van der Waals surface area (Å²) < 4.78 is 22.2. The molecule has 0 aliphatic carbocycles. The van der Waals surface area contributed by atoms with Crippen molar-refractivity contribution in [3.8, 4) is 0 Å². The molecule has 0 N–H and O–H groups in total. The van der Waals surface area contributed by atoms with Crippen molar-refractivity contribution in [1.29, 1.82) is 0 Å². The van der Waals surface area contributed by atoms with Crippen LogP contribution in [0.4, 0.5) is 0 Å². The molecule has 5 nitrogen and oxygen atoms in total. The Bertz CT molecular complexity index is 523.